The number of nitrogens with zero attached hydrogens (tertiary/aromatic N) is 2. The fourth-order valence-electron chi connectivity index (χ4n) is 4.30. The number of carbonyl (C=O) groups is 1. The number of carbonyl (C=O) groups excluding carboxylic acids is 1. The summed E-state index contributed by atoms with van der Waals surface area (Å²) >= 11 is 0. The summed E-state index contributed by atoms with van der Waals surface area (Å²) in [5.74, 6) is 1.56. The Bertz CT molecular complexity index is 973. The number of hydrogen-bond donors (Lipinski definition) is 0. The van der Waals surface area contributed by atoms with Gasteiger partial charge < -0.3 is 23.2 Å². The molecule has 0 amide bonds. The van der Waals surface area contributed by atoms with E-state index in [2.05, 4.69) is 4.90 Å². The minimum atomic E-state index is -0.488. The lowest BCUT2D eigenvalue weighted by Crippen LogP contribution is -2.30. The van der Waals surface area contributed by atoms with Gasteiger partial charge in [0.2, 0.25) is 0 Å². The normalized spacial score (nSPS) is 19.5. The molecule has 0 saturated carbocycles. The number of aryl methyl sites for hydroxylation is 1. The summed E-state index contributed by atoms with van der Waals surface area (Å²) in [7, 11) is 1.35. The fraction of sp³-hybridized carbons (Fsp3) is 0.565. The highest BCUT2D eigenvalue weighted by molar-refractivity contribution is 5.93. The molecular weight excluding hydrogens is 400 g/mol. The van der Waals surface area contributed by atoms with E-state index in [1.165, 1.54) is 13.2 Å². The molecule has 2 aliphatic heterocycles. The number of hydrogen-bond acceptors (Lipinski definition) is 7. The van der Waals surface area contributed by atoms with Crippen molar-refractivity contribution in [1.29, 1.82) is 0 Å². The number of pyridine rings is 1. The molecule has 4 rings (SSSR count). The first-order valence-corrected chi connectivity index (χ1v) is 10.9. The highest BCUT2D eigenvalue weighted by Gasteiger charge is 2.27. The van der Waals surface area contributed by atoms with E-state index < -0.39 is 5.97 Å². The zero-order chi connectivity index (χ0) is 21.8. The number of fused-ring (bicyclic) bond motifs is 1. The molecule has 2 aliphatic rings. The third-order valence-electron chi connectivity index (χ3n) is 5.95. The smallest absolute Gasteiger partial charge is 0.343 e. The maximum absolute atomic E-state index is 12.9. The molecule has 0 bridgehead atoms. The molecule has 0 aromatic carbocycles. The Labute approximate surface area is 181 Å². The van der Waals surface area contributed by atoms with E-state index in [0.717, 1.165) is 37.4 Å². The molecule has 2 aromatic heterocycles. The van der Waals surface area contributed by atoms with Crippen LogP contribution >= 0.6 is 0 Å². The zero-order valence-electron chi connectivity index (χ0n) is 18.2. The summed E-state index contributed by atoms with van der Waals surface area (Å²) in [6, 6.07) is 5.32. The average molecular weight is 431 g/mol. The van der Waals surface area contributed by atoms with E-state index in [-0.39, 0.29) is 17.4 Å². The molecule has 8 heteroatoms. The summed E-state index contributed by atoms with van der Waals surface area (Å²) < 4.78 is 24.1. The van der Waals surface area contributed by atoms with Gasteiger partial charge in [-0.05, 0) is 38.3 Å². The molecule has 0 N–H and O–H groups in total. The van der Waals surface area contributed by atoms with Gasteiger partial charge in [0.25, 0.3) is 5.56 Å². The van der Waals surface area contributed by atoms with Gasteiger partial charge in [0.05, 0.1) is 19.8 Å². The predicted molar refractivity (Wildman–Crippen MR) is 114 cm³/mol. The summed E-state index contributed by atoms with van der Waals surface area (Å²) in [5.41, 5.74) is 0.837. The second-order valence-electron chi connectivity index (χ2n) is 8.15. The number of methoxy groups -OCH3 is 1. The molecule has 0 radical (unpaired) electrons. The highest BCUT2D eigenvalue weighted by Crippen LogP contribution is 2.25. The minimum absolute atomic E-state index is 0.0203. The van der Waals surface area contributed by atoms with Gasteiger partial charge >= 0.3 is 5.97 Å². The Morgan fingerprint density at radius 1 is 1.23 bits per heavy atom. The van der Waals surface area contributed by atoms with Gasteiger partial charge in [0.1, 0.15) is 29.4 Å². The van der Waals surface area contributed by atoms with Crippen LogP contribution in [0.15, 0.2) is 27.4 Å². The van der Waals surface area contributed by atoms with Crippen molar-refractivity contribution in [1.82, 2.24) is 9.47 Å². The summed E-state index contributed by atoms with van der Waals surface area (Å²) in [4.78, 5) is 27.8. The monoisotopic (exact) mass is 430 g/mol. The number of esters is 1. The van der Waals surface area contributed by atoms with Gasteiger partial charge in [-0.3, -0.25) is 9.69 Å². The molecule has 168 valence electrons. The lowest BCUT2D eigenvalue weighted by atomic mass is 10.1. The predicted octanol–water partition coefficient (Wildman–Crippen LogP) is 2.54. The maximum Gasteiger partial charge on any atom is 0.343 e. The van der Waals surface area contributed by atoms with Crippen molar-refractivity contribution < 1.29 is 23.4 Å². The van der Waals surface area contributed by atoms with E-state index in [0.29, 0.717) is 50.5 Å². The quantitative estimate of drug-likeness (QED) is 0.651. The van der Waals surface area contributed by atoms with Crippen molar-refractivity contribution in [2.45, 2.75) is 51.8 Å². The first-order valence-electron chi connectivity index (χ1n) is 10.9. The van der Waals surface area contributed by atoms with Gasteiger partial charge in [-0.2, -0.15) is 0 Å². The molecule has 1 saturated heterocycles. The van der Waals surface area contributed by atoms with Crippen LogP contribution in [0.1, 0.15) is 46.8 Å². The maximum atomic E-state index is 12.9. The van der Waals surface area contributed by atoms with Crippen molar-refractivity contribution in [2.75, 3.05) is 33.4 Å². The SMILES string of the molecule is COC(=O)c1c(OCC2CCCCO2)cc(=O)n2c1CCN(Cc1ccc(C)o1)CC2. The van der Waals surface area contributed by atoms with Crippen LogP contribution in [0, 0.1) is 6.92 Å². The van der Waals surface area contributed by atoms with Crippen LogP contribution in [0.4, 0.5) is 0 Å². The molecule has 0 spiro atoms. The second-order valence-corrected chi connectivity index (χ2v) is 8.15. The number of ether oxygens (including phenoxy) is 3. The number of furan rings is 1. The molecule has 1 unspecified atom stereocenters. The molecule has 4 heterocycles. The molecule has 31 heavy (non-hydrogen) atoms. The van der Waals surface area contributed by atoms with E-state index in [1.54, 1.807) is 4.57 Å². The fourth-order valence-corrected chi connectivity index (χ4v) is 4.30. The van der Waals surface area contributed by atoms with Crippen LogP contribution in [-0.2, 0) is 29.0 Å². The van der Waals surface area contributed by atoms with E-state index in [4.69, 9.17) is 18.6 Å². The largest absolute Gasteiger partial charge is 0.490 e. The van der Waals surface area contributed by atoms with Gasteiger partial charge in [-0.25, -0.2) is 4.79 Å². The molecule has 2 aromatic rings. The first-order chi connectivity index (χ1) is 15.0. The Balaban J connectivity index is 1.56. The van der Waals surface area contributed by atoms with Crippen molar-refractivity contribution in [2.24, 2.45) is 0 Å². The lowest BCUT2D eigenvalue weighted by Gasteiger charge is -2.24. The Hall–Kier alpha value is -2.58. The summed E-state index contributed by atoms with van der Waals surface area (Å²) in [6.45, 7) is 5.48. The first kappa shape index (κ1) is 21.6. The topological polar surface area (TPSA) is 83.1 Å². The van der Waals surface area contributed by atoms with Crippen molar-refractivity contribution in [3.63, 3.8) is 0 Å². The molecule has 8 nitrogen and oxygen atoms in total. The lowest BCUT2D eigenvalue weighted by molar-refractivity contribution is -0.0114. The van der Waals surface area contributed by atoms with Gasteiger partial charge in [-0.15, -0.1) is 0 Å². The van der Waals surface area contributed by atoms with Crippen LogP contribution in [0.2, 0.25) is 0 Å². The summed E-state index contributed by atoms with van der Waals surface area (Å²) in [5, 5.41) is 0. The Kier molecular flexibility index (Phi) is 6.77. The van der Waals surface area contributed by atoms with Crippen LogP contribution in [-0.4, -0.2) is 55.0 Å². The molecule has 1 fully saturated rings. The number of rotatable bonds is 6. The van der Waals surface area contributed by atoms with E-state index >= 15 is 0 Å². The molecule has 1 atom stereocenters. The van der Waals surface area contributed by atoms with Crippen LogP contribution < -0.4 is 10.3 Å². The van der Waals surface area contributed by atoms with Crippen LogP contribution in [0.3, 0.4) is 0 Å². The summed E-state index contributed by atoms with van der Waals surface area (Å²) in [6.07, 6.45) is 3.58. The van der Waals surface area contributed by atoms with E-state index in [1.807, 2.05) is 19.1 Å². The second kappa shape index (κ2) is 9.70. The standard InChI is InChI=1S/C23H30N2O6/c1-16-6-7-17(31-16)14-24-9-8-19-22(23(27)28-2)20(13-21(26)25(19)11-10-24)30-15-18-5-3-4-12-29-18/h6-7,13,18H,3-5,8-12,14-15H2,1-2H3. The third-order valence-corrected chi connectivity index (χ3v) is 5.95. The molecular formula is C23H30N2O6. The van der Waals surface area contributed by atoms with Crippen LogP contribution in [0.5, 0.6) is 5.75 Å². The third kappa shape index (κ3) is 5.02. The van der Waals surface area contributed by atoms with Crippen molar-refractivity contribution >= 4 is 5.97 Å². The average Bonchev–Trinajstić information content (AvgIpc) is 3.07. The minimum Gasteiger partial charge on any atom is -0.490 e. The molecule has 0 aliphatic carbocycles. The van der Waals surface area contributed by atoms with Gasteiger partial charge in [0, 0.05) is 44.4 Å². The number of aromatic nitrogens is 1. The van der Waals surface area contributed by atoms with Crippen LogP contribution in [0.25, 0.3) is 0 Å². The van der Waals surface area contributed by atoms with Gasteiger partial charge in [0.15, 0.2) is 0 Å². The van der Waals surface area contributed by atoms with Gasteiger partial charge in [-0.1, -0.05) is 0 Å². The highest BCUT2D eigenvalue weighted by atomic mass is 16.5. The van der Waals surface area contributed by atoms with E-state index in [9.17, 15) is 9.59 Å². The van der Waals surface area contributed by atoms with Crippen molar-refractivity contribution in [3.8, 4) is 5.75 Å². The zero-order valence-corrected chi connectivity index (χ0v) is 18.2. The Morgan fingerprint density at radius 2 is 2.10 bits per heavy atom. The Morgan fingerprint density at radius 3 is 2.81 bits per heavy atom. The van der Waals surface area contributed by atoms with Crippen molar-refractivity contribution in [3.05, 3.63) is 51.3 Å².